The zero-order chi connectivity index (χ0) is 12.4. The van der Waals surface area contributed by atoms with E-state index < -0.39 is 0 Å². The zero-order valence-corrected chi connectivity index (χ0v) is 10.9. The lowest BCUT2D eigenvalue weighted by molar-refractivity contribution is 0.760. The van der Waals surface area contributed by atoms with E-state index in [0.717, 1.165) is 5.56 Å². The summed E-state index contributed by atoms with van der Waals surface area (Å²) in [4.78, 5) is 11.7. The Hall–Kier alpha value is -0.960. The Morgan fingerprint density at radius 2 is 1.82 bits per heavy atom. The predicted molar refractivity (Wildman–Crippen MR) is 71.3 cm³/mol. The van der Waals surface area contributed by atoms with Crippen LogP contribution in [-0.4, -0.2) is 4.57 Å². The van der Waals surface area contributed by atoms with Gasteiger partial charge in [-0.1, -0.05) is 46.9 Å². The van der Waals surface area contributed by atoms with Crippen molar-refractivity contribution in [3.05, 3.63) is 67.5 Å². The Balaban J connectivity index is 2.40. The predicted octanol–water partition coefficient (Wildman–Crippen LogP) is 3.86. The van der Waals surface area contributed by atoms with Crippen molar-refractivity contribution in [3.63, 3.8) is 0 Å². The van der Waals surface area contributed by atoms with Crippen LogP contribution < -0.4 is 5.56 Å². The first-order valence-corrected chi connectivity index (χ1v) is 5.99. The summed E-state index contributed by atoms with van der Waals surface area (Å²) in [7, 11) is 0. The fraction of sp³-hybridized carbons (Fsp3) is 0.0833. The average Bonchev–Trinajstić information content (AvgIpc) is 2.25. The van der Waals surface area contributed by atoms with E-state index in [-0.39, 0.29) is 10.6 Å². The fourth-order valence-electron chi connectivity index (χ4n) is 1.51. The molecular formula is C12H8Cl3NO. The van der Waals surface area contributed by atoms with E-state index in [1.165, 1.54) is 10.6 Å². The molecule has 0 fully saturated rings. The van der Waals surface area contributed by atoms with Gasteiger partial charge in [0.05, 0.1) is 11.6 Å². The van der Waals surface area contributed by atoms with Crippen molar-refractivity contribution in [2.24, 2.45) is 0 Å². The van der Waals surface area contributed by atoms with Gasteiger partial charge in [0.1, 0.15) is 5.02 Å². The maximum absolute atomic E-state index is 11.7. The number of rotatable bonds is 2. The van der Waals surface area contributed by atoms with Gasteiger partial charge in [-0.3, -0.25) is 4.79 Å². The number of hydrogen-bond donors (Lipinski definition) is 0. The van der Waals surface area contributed by atoms with Crippen molar-refractivity contribution in [2.75, 3.05) is 0 Å². The lowest BCUT2D eigenvalue weighted by Crippen LogP contribution is -2.20. The van der Waals surface area contributed by atoms with Crippen LogP contribution in [-0.2, 0) is 6.54 Å². The average molecular weight is 289 g/mol. The maximum Gasteiger partial charge on any atom is 0.269 e. The van der Waals surface area contributed by atoms with Gasteiger partial charge in [0.15, 0.2) is 0 Å². The number of hydrogen-bond acceptors (Lipinski definition) is 1. The fourth-order valence-corrected chi connectivity index (χ4v) is 2.24. The molecule has 0 bridgehead atoms. The van der Waals surface area contributed by atoms with Gasteiger partial charge in [0.2, 0.25) is 0 Å². The van der Waals surface area contributed by atoms with Crippen LogP contribution in [0, 0.1) is 0 Å². The zero-order valence-electron chi connectivity index (χ0n) is 8.66. The SMILES string of the molecule is O=c1c(Cl)cc(Cl)cn1Cc1cccc(Cl)c1. The summed E-state index contributed by atoms with van der Waals surface area (Å²) in [6.07, 6.45) is 1.55. The van der Waals surface area contributed by atoms with Crippen molar-refractivity contribution in [1.29, 1.82) is 0 Å². The van der Waals surface area contributed by atoms with E-state index in [1.54, 1.807) is 18.3 Å². The van der Waals surface area contributed by atoms with Crippen molar-refractivity contribution >= 4 is 34.8 Å². The van der Waals surface area contributed by atoms with E-state index >= 15 is 0 Å². The number of nitrogens with zero attached hydrogens (tertiary/aromatic N) is 1. The Kier molecular flexibility index (Phi) is 3.77. The van der Waals surface area contributed by atoms with Crippen LogP contribution in [0.25, 0.3) is 0 Å². The van der Waals surface area contributed by atoms with Crippen molar-refractivity contribution in [1.82, 2.24) is 4.57 Å². The summed E-state index contributed by atoms with van der Waals surface area (Å²) in [5.74, 6) is 0. The molecule has 0 aliphatic rings. The normalized spacial score (nSPS) is 10.5. The number of benzene rings is 1. The minimum Gasteiger partial charge on any atom is -0.308 e. The van der Waals surface area contributed by atoms with Crippen LogP contribution in [0.1, 0.15) is 5.56 Å². The van der Waals surface area contributed by atoms with Crippen LogP contribution in [0.3, 0.4) is 0 Å². The molecule has 17 heavy (non-hydrogen) atoms. The molecule has 0 unspecified atom stereocenters. The van der Waals surface area contributed by atoms with Crippen LogP contribution in [0.4, 0.5) is 0 Å². The Morgan fingerprint density at radius 1 is 1.06 bits per heavy atom. The number of pyridine rings is 1. The highest BCUT2D eigenvalue weighted by molar-refractivity contribution is 6.34. The highest BCUT2D eigenvalue weighted by atomic mass is 35.5. The van der Waals surface area contributed by atoms with E-state index in [4.69, 9.17) is 34.8 Å². The maximum atomic E-state index is 11.7. The van der Waals surface area contributed by atoms with Crippen molar-refractivity contribution in [3.8, 4) is 0 Å². The van der Waals surface area contributed by atoms with Crippen LogP contribution in [0.15, 0.2) is 41.3 Å². The first-order chi connectivity index (χ1) is 8.06. The number of aromatic nitrogens is 1. The molecule has 2 aromatic rings. The highest BCUT2D eigenvalue weighted by Crippen LogP contribution is 2.14. The van der Waals surface area contributed by atoms with Gasteiger partial charge in [0.25, 0.3) is 5.56 Å². The van der Waals surface area contributed by atoms with E-state index in [0.29, 0.717) is 16.6 Å². The molecule has 0 atom stereocenters. The lowest BCUT2D eigenvalue weighted by Gasteiger charge is -2.07. The molecule has 0 aliphatic heterocycles. The first-order valence-electron chi connectivity index (χ1n) is 4.86. The second kappa shape index (κ2) is 5.13. The molecule has 0 amide bonds. The first kappa shape index (κ1) is 12.5. The van der Waals surface area contributed by atoms with E-state index in [2.05, 4.69) is 0 Å². The number of halogens is 3. The van der Waals surface area contributed by atoms with Gasteiger partial charge >= 0.3 is 0 Å². The monoisotopic (exact) mass is 287 g/mol. The van der Waals surface area contributed by atoms with E-state index in [1.807, 2.05) is 12.1 Å². The van der Waals surface area contributed by atoms with E-state index in [9.17, 15) is 4.79 Å². The van der Waals surface area contributed by atoms with Crippen LogP contribution in [0.5, 0.6) is 0 Å². The molecule has 0 aliphatic carbocycles. The highest BCUT2D eigenvalue weighted by Gasteiger charge is 2.04. The third-order valence-corrected chi connectivity index (χ3v) is 2.96. The molecule has 2 rings (SSSR count). The summed E-state index contributed by atoms with van der Waals surface area (Å²) in [5, 5.41) is 1.17. The van der Waals surface area contributed by atoms with Crippen LogP contribution in [0.2, 0.25) is 15.1 Å². The molecule has 0 radical (unpaired) electrons. The Bertz CT molecular complexity index is 607. The molecule has 2 nitrogen and oxygen atoms in total. The topological polar surface area (TPSA) is 22.0 Å². The second-order valence-corrected chi connectivity index (χ2v) is 4.85. The molecule has 0 saturated carbocycles. The standard InChI is InChI=1S/C12H8Cl3NO/c13-9-3-1-2-8(4-9)6-16-7-10(14)5-11(15)12(16)17/h1-5,7H,6H2. The largest absolute Gasteiger partial charge is 0.308 e. The molecule has 1 aromatic carbocycles. The minimum absolute atomic E-state index is 0.111. The second-order valence-electron chi connectivity index (χ2n) is 3.57. The molecular weight excluding hydrogens is 280 g/mol. The summed E-state index contributed by atoms with van der Waals surface area (Å²) >= 11 is 17.5. The summed E-state index contributed by atoms with van der Waals surface area (Å²) < 4.78 is 1.45. The van der Waals surface area contributed by atoms with Gasteiger partial charge in [-0.2, -0.15) is 0 Å². The Morgan fingerprint density at radius 3 is 2.53 bits per heavy atom. The third-order valence-electron chi connectivity index (χ3n) is 2.25. The van der Waals surface area contributed by atoms with Crippen LogP contribution >= 0.6 is 34.8 Å². The third kappa shape index (κ3) is 3.03. The molecule has 1 heterocycles. The summed E-state index contributed by atoms with van der Waals surface area (Å²) in [6.45, 7) is 0.389. The molecule has 0 N–H and O–H groups in total. The molecule has 0 spiro atoms. The van der Waals surface area contributed by atoms with Crippen molar-refractivity contribution in [2.45, 2.75) is 6.54 Å². The van der Waals surface area contributed by atoms with Crippen molar-refractivity contribution < 1.29 is 0 Å². The van der Waals surface area contributed by atoms with Gasteiger partial charge in [0, 0.05) is 11.2 Å². The molecule has 88 valence electrons. The Labute approximate surface area is 113 Å². The summed E-state index contributed by atoms with van der Waals surface area (Å²) in [5.41, 5.74) is 0.647. The minimum atomic E-state index is -0.268. The quantitative estimate of drug-likeness (QED) is 0.822. The smallest absolute Gasteiger partial charge is 0.269 e. The molecule has 1 aromatic heterocycles. The van der Waals surface area contributed by atoms with Gasteiger partial charge in [-0.25, -0.2) is 0 Å². The summed E-state index contributed by atoms with van der Waals surface area (Å²) in [6, 6.07) is 8.71. The van der Waals surface area contributed by atoms with Gasteiger partial charge < -0.3 is 4.57 Å². The van der Waals surface area contributed by atoms with Gasteiger partial charge in [-0.15, -0.1) is 0 Å². The molecule has 5 heteroatoms. The molecule has 0 saturated heterocycles. The van der Waals surface area contributed by atoms with Gasteiger partial charge in [-0.05, 0) is 23.8 Å². The lowest BCUT2D eigenvalue weighted by atomic mass is 10.2.